The molecule has 82 valence electrons. The summed E-state index contributed by atoms with van der Waals surface area (Å²) in [6, 6.07) is 2.96. The van der Waals surface area contributed by atoms with Gasteiger partial charge in [-0.05, 0) is 11.5 Å². The zero-order chi connectivity index (χ0) is 11.5. The minimum atomic E-state index is -0.177. The number of carbonyl (C=O) groups is 1. The van der Waals surface area contributed by atoms with Crippen molar-refractivity contribution in [1.82, 2.24) is 4.98 Å². The Morgan fingerprint density at radius 2 is 2.07 bits per heavy atom. The van der Waals surface area contributed by atoms with Crippen molar-refractivity contribution in [3.05, 3.63) is 28.7 Å². The van der Waals surface area contributed by atoms with Crippen molar-refractivity contribution in [1.29, 1.82) is 0 Å². The highest BCUT2D eigenvalue weighted by atomic mass is 16.1. The van der Waals surface area contributed by atoms with E-state index in [4.69, 9.17) is 0 Å². The number of carbonyl (C=O) groups excluding carboxylic acids is 1. The van der Waals surface area contributed by atoms with E-state index in [0.717, 1.165) is 0 Å². The second-order valence-electron chi connectivity index (χ2n) is 4.73. The van der Waals surface area contributed by atoms with Crippen LogP contribution in [0.15, 0.2) is 23.1 Å². The molecule has 0 aliphatic heterocycles. The third-order valence-electron chi connectivity index (χ3n) is 1.76. The van der Waals surface area contributed by atoms with Crippen molar-refractivity contribution in [2.24, 2.45) is 5.41 Å². The van der Waals surface area contributed by atoms with Crippen molar-refractivity contribution in [2.45, 2.75) is 27.2 Å². The molecule has 0 fully saturated rings. The van der Waals surface area contributed by atoms with Crippen LogP contribution in [0.25, 0.3) is 0 Å². The first-order valence-electron chi connectivity index (χ1n) is 4.85. The fraction of sp³-hybridized carbons (Fsp3) is 0.455. The first-order valence-corrected chi connectivity index (χ1v) is 4.85. The van der Waals surface area contributed by atoms with Crippen LogP contribution in [0.3, 0.4) is 0 Å². The summed E-state index contributed by atoms with van der Waals surface area (Å²) >= 11 is 0. The number of nitrogens with one attached hydrogen (secondary N) is 2. The molecule has 0 bridgehead atoms. The third-order valence-corrected chi connectivity index (χ3v) is 1.76. The molecule has 0 aliphatic carbocycles. The number of rotatable bonds is 2. The lowest BCUT2D eigenvalue weighted by Gasteiger charge is -2.17. The van der Waals surface area contributed by atoms with Gasteiger partial charge in [0.2, 0.25) is 11.5 Å². The number of hydrogen-bond acceptors (Lipinski definition) is 2. The summed E-state index contributed by atoms with van der Waals surface area (Å²) in [5.74, 6) is -0.0467. The SMILES string of the molecule is CC(C)(C)CC(=O)Nc1ccc(=O)[nH]c1. The van der Waals surface area contributed by atoms with Crippen molar-refractivity contribution in [3.63, 3.8) is 0 Å². The molecule has 0 spiro atoms. The number of aromatic nitrogens is 1. The molecule has 1 heterocycles. The van der Waals surface area contributed by atoms with Crippen LogP contribution < -0.4 is 10.9 Å². The lowest BCUT2D eigenvalue weighted by atomic mass is 9.92. The van der Waals surface area contributed by atoms with Crippen molar-refractivity contribution >= 4 is 11.6 Å². The van der Waals surface area contributed by atoms with Gasteiger partial charge in [-0.15, -0.1) is 0 Å². The summed E-state index contributed by atoms with van der Waals surface area (Å²) in [5.41, 5.74) is 0.402. The van der Waals surface area contributed by atoms with E-state index in [1.165, 1.54) is 12.3 Å². The van der Waals surface area contributed by atoms with Gasteiger partial charge in [-0.2, -0.15) is 0 Å². The smallest absolute Gasteiger partial charge is 0.248 e. The molecule has 0 saturated carbocycles. The lowest BCUT2D eigenvalue weighted by Crippen LogP contribution is -2.20. The van der Waals surface area contributed by atoms with E-state index in [1.54, 1.807) is 6.07 Å². The predicted molar refractivity (Wildman–Crippen MR) is 59.8 cm³/mol. The highest BCUT2D eigenvalue weighted by Crippen LogP contribution is 2.19. The molecule has 2 N–H and O–H groups in total. The van der Waals surface area contributed by atoms with E-state index in [0.29, 0.717) is 12.1 Å². The Balaban J connectivity index is 2.59. The fourth-order valence-corrected chi connectivity index (χ4v) is 1.18. The first-order chi connectivity index (χ1) is 6.87. The number of anilines is 1. The summed E-state index contributed by atoms with van der Waals surface area (Å²) in [4.78, 5) is 24.8. The molecule has 0 saturated heterocycles. The van der Waals surface area contributed by atoms with Crippen molar-refractivity contribution in [3.8, 4) is 0 Å². The van der Waals surface area contributed by atoms with Gasteiger partial charge in [-0.25, -0.2) is 0 Å². The molecular formula is C11H16N2O2. The van der Waals surface area contributed by atoms with Crippen molar-refractivity contribution < 1.29 is 4.79 Å². The van der Waals surface area contributed by atoms with E-state index in [9.17, 15) is 9.59 Å². The number of pyridine rings is 1. The molecule has 0 unspecified atom stereocenters. The van der Waals surface area contributed by atoms with E-state index in [1.807, 2.05) is 20.8 Å². The Labute approximate surface area is 88.7 Å². The second kappa shape index (κ2) is 4.29. The van der Waals surface area contributed by atoms with Crippen LogP contribution in [0.1, 0.15) is 27.2 Å². The molecule has 0 radical (unpaired) electrons. The summed E-state index contributed by atoms with van der Waals surface area (Å²) in [6.07, 6.45) is 1.94. The molecule has 0 atom stereocenters. The Morgan fingerprint density at radius 1 is 1.40 bits per heavy atom. The van der Waals surface area contributed by atoms with Gasteiger partial charge in [0.05, 0.1) is 5.69 Å². The van der Waals surface area contributed by atoms with Gasteiger partial charge in [0, 0.05) is 18.7 Å². The van der Waals surface area contributed by atoms with Crippen LogP contribution in [0.2, 0.25) is 0 Å². The maximum Gasteiger partial charge on any atom is 0.248 e. The molecule has 1 amide bonds. The Morgan fingerprint density at radius 3 is 2.53 bits per heavy atom. The third kappa shape index (κ3) is 4.44. The monoisotopic (exact) mass is 208 g/mol. The minimum absolute atomic E-state index is 0.0354. The Bertz CT molecular complexity index is 381. The molecule has 4 nitrogen and oxygen atoms in total. The minimum Gasteiger partial charge on any atom is -0.327 e. The largest absolute Gasteiger partial charge is 0.327 e. The number of amides is 1. The average molecular weight is 208 g/mol. The summed E-state index contributed by atoms with van der Waals surface area (Å²) in [6.45, 7) is 6.00. The second-order valence-corrected chi connectivity index (χ2v) is 4.73. The van der Waals surface area contributed by atoms with Crippen LogP contribution in [0.4, 0.5) is 5.69 Å². The van der Waals surface area contributed by atoms with Gasteiger partial charge < -0.3 is 10.3 Å². The molecule has 4 heteroatoms. The standard InChI is InChI=1S/C11H16N2O2/c1-11(2,3)6-10(15)13-8-4-5-9(14)12-7-8/h4-5,7H,6H2,1-3H3,(H,12,14)(H,13,15). The quantitative estimate of drug-likeness (QED) is 0.777. The van der Waals surface area contributed by atoms with Gasteiger partial charge in [0.25, 0.3) is 0 Å². The molecule has 0 aromatic carbocycles. The summed E-state index contributed by atoms with van der Waals surface area (Å²) < 4.78 is 0. The number of hydrogen-bond donors (Lipinski definition) is 2. The van der Waals surface area contributed by atoms with Crippen molar-refractivity contribution in [2.75, 3.05) is 5.32 Å². The molecule has 1 rings (SSSR count). The lowest BCUT2D eigenvalue weighted by molar-refractivity contribution is -0.117. The van der Waals surface area contributed by atoms with Gasteiger partial charge in [0.15, 0.2) is 0 Å². The molecule has 0 aliphatic rings. The van der Waals surface area contributed by atoms with Crippen LogP contribution in [-0.2, 0) is 4.79 Å². The van der Waals surface area contributed by atoms with E-state index < -0.39 is 0 Å². The van der Waals surface area contributed by atoms with Crippen LogP contribution in [-0.4, -0.2) is 10.9 Å². The van der Waals surface area contributed by atoms with Crippen LogP contribution in [0, 0.1) is 5.41 Å². The molecule has 15 heavy (non-hydrogen) atoms. The topological polar surface area (TPSA) is 62.0 Å². The van der Waals surface area contributed by atoms with E-state index in [-0.39, 0.29) is 16.9 Å². The summed E-state index contributed by atoms with van der Waals surface area (Å²) in [7, 11) is 0. The molecular weight excluding hydrogens is 192 g/mol. The van der Waals surface area contributed by atoms with Gasteiger partial charge in [0.1, 0.15) is 0 Å². The Hall–Kier alpha value is -1.58. The van der Waals surface area contributed by atoms with Gasteiger partial charge in [-0.1, -0.05) is 20.8 Å². The zero-order valence-electron chi connectivity index (χ0n) is 9.26. The van der Waals surface area contributed by atoms with E-state index >= 15 is 0 Å². The van der Waals surface area contributed by atoms with Gasteiger partial charge >= 0.3 is 0 Å². The number of aromatic amines is 1. The van der Waals surface area contributed by atoms with Gasteiger partial charge in [-0.3, -0.25) is 9.59 Å². The van der Waals surface area contributed by atoms with E-state index in [2.05, 4.69) is 10.3 Å². The fourth-order valence-electron chi connectivity index (χ4n) is 1.18. The first kappa shape index (κ1) is 11.5. The molecule has 1 aromatic rings. The maximum absolute atomic E-state index is 11.5. The Kier molecular flexibility index (Phi) is 3.29. The van der Waals surface area contributed by atoms with Crippen LogP contribution in [0.5, 0.6) is 0 Å². The normalized spacial score (nSPS) is 11.1. The highest BCUT2D eigenvalue weighted by Gasteiger charge is 2.15. The highest BCUT2D eigenvalue weighted by molar-refractivity contribution is 5.90. The maximum atomic E-state index is 11.5. The van der Waals surface area contributed by atoms with Crippen LogP contribution >= 0.6 is 0 Å². The average Bonchev–Trinajstić information content (AvgIpc) is 2.05. The number of H-pyrrole nitrogens is 1. The predicted octanol–water partition coefficient (Wildman–Crippen LogP) is 1.75. The summed E-state index contributed by atoms with van der Waals surface area (Å²) in [5, 5.41) is 2.72. The zero-order valence-corrected chi connectivity index (χ0v) is 9.26. The molecule has 1 aromatic heterocycles.